The molecule has 1 N–H and O–H groups in total. The van der Waals surface area contributed by atoms with E-state index in [9.17, 15) is 9.18 Å². The zero-order chi connectivity index (χ0) is 21.8. The Balaban J connectivity index is 1.47. The van der Waals surface area contributed by atoms with Gasteiger partial charge in [-0.3, -0.25) is 4.79 Å². The number of nitrogens with one attached hydrogen (secondary N) is 1. The van der Waals surface area contributed by atoms with E-state index in [1.807, 2.05) is 36.4 Å². The molecule has 3 aromatic carbocycles. The molecule has 31 heavy (non-hydrogen) atoms. The predicted octanol–water partition coefficient (Wildman–Crippen LogP) is 5.89. The van der Waals surface area contributed by atoms with Crippen LogP contribution in [0.5, 0.6) is 0 Å². The third kappa shape index (κ3) is 4.89. The molecule has 0 atom stereocenters. The first kappa shape index (κ1) is 21.3. The summed E-state index contributed by atoms with van der Waals surface area (Å²) in [6, 6.07) is 19.5. The van der Waals surface area contributed by atoms with Crippen molar-refractivity contribution in [3.05, 3.63) is 99.5 Å². The van der Waals surface area contributed by atoms with Crippen LogP contribution in [0.3, 0.4) is 0 Å². The largest absolute Gasteiger partial charge is 0.352 e. The number of aryl methyl sites for hydroxylation is 1. The summed E-state index contributed by atoms with van der Waals surface area (Å²) < 4.78 is 15.9. The van der Waals surface area contributed by atoms with Crippen LogP contribution in [0.4, 0.5) is 4.39 Å². The van der Waals surface area contributed by atoms with Crippen LogP contribution in [0.15, 0.2) is 66.7 Å². The Kier molecular flexibility index (Phi) is 6.54. The minimum absolute atomic E-state index is 0.0503. The third-order valence-electron chi connectivity index (χ3n) is 5.04. The van der Waals surface area contributed by atoms with Crippen molar-refractivity contribution in [1.82, 2.24) is 14.9 Å². The second-order valence-corrected chi connectivity index (χ2v) is 8.01. The molecule has 1 heterocycles. The Morgan fingerprint density at radius 3 is 2.58 bits per heavy atom. The second kappa shape index (κ2) is 9.50. The molecule has 0 bridgehead atoms. The fourth-order valence-corrected chi connectivity index (χ4v) is 3.82. The van der Waals surface area contributed by atoms with Gasteiger partial charge in [-0.15, -0.1) is 0 Å². The van der Waals surface area contributed by atoms with Crippen molar-refractivity contribution in [1.29, 1.82) is 0 Å². The number of carbonyl (C=O) groups is 1. The van der Waals surface area contributed by atoms with Gasteiger partial charge in [-0.2, -0.15) is 0 Å². The van der Waals surface area contributed by atoms with Crippen molar-refractivity contribution in [2.45, 2.75) is 19.4 Å². The van der Waals surface area contributed by atoms with E-state index in [4.69, 9.17) is 28.2 Å². The molecular weight excluding hydrogens is 436 g/mol. The first-order chi connectivity index (χ1) is 15.0. The number of rotatable bonds is 7. The minimum Gasteiger partial charge on any atom is -0.352 e. The number of hydrogen-bond acceptors (Lipinski definition) is 2. The van der Waals surface area contributed by atoms with Crippen LogP contribution in [-0.4, -0.2) is 22.0 Å². The van der Waals surface area contributed by atoms with Crippen molar-refractivity contribution < 1.29 is 9.18 Å². The van der Waals surface area contributed by atoms with Gasteiger partial charge in [0.25, 0.3) is 5.91 Å². The average Bonchev–Trinajstić information content (AvgIpc) is 3.11. The fraction of sp³-hybridized carbons (Fsp3) is 0.167. The van der Waals surface area contributed by atoms with Gasteiger partial charge in [0, 0.05) is 19.5 Å². The molecule has 0 spiro atoms. The summed E-state index contributed by atoms with van der Waals surface area (Å²) in [5.41, 5.74) is 3.01. The molecule has 4 aromatic rings. The molecule has 0 aliphatic heterocycles. The summed E-state index contributed by atoms with van der Waals surface area (Å²) >= 11 is 12.2. The molecule has 0 fully saturated rings. The van der Waals surface area contributed by atoms with Gasteiger partial charge in [-0.25, -0.2) is 9.37 Å². The van der Waals surface area contributed by atoms with Crippen LogP contribution in [-0.2, 0) is 13.0 Å². The maximum Gasteiger partial charge on any atom is 0.254 e. The van der Waals surface area contributed by atoms with Crippen LogP contribution >= 0.6 is 23.2 Å². The zero-order valence-corrected chi connectivity index (χ0v) is 18.1. The summed E-state index contributed by atoms with van der Waals surface area (Å²) in [4.78, 5) is 17.0. The van der Waals surface area contributed by atoms with Crippen LogP contribution in [0.2, 0.25) is 10.0 Å². The summed E-state index contributed by atoms with van der Waals surface area (Å²) in [7, 11) is 0. The van der Waals surface area contributed by atoms with E-state index in [1.54, 1.807) is 18.2 Å². The molecule has 4 rings (SSSR count). The van der Waals surface area contributed by atoms with Crippen LogP contribution in [0.1, 0.15) is 28.2 Å². The van der Waals surface area contributed by atoms with Crippen LogP contribution in [0, 0.1) is 5.82 Å². The van der Waals surface area contributed by atoms with Gasteiger partial charge in [0.1, 0.15) is 11.6 Å². The van der Waals surface area contributed by atoms with E-state index < -0.39 is 11.7 Å². The Morgan fingerprint density at radius 1 is 1.00 bits per heavy atom. The van der Waals surface area contributed by atoms with Crippen molar-refractivity contribution in [3.63, 3.8) is 0 Å². The lowest BCUT2D eigenvalue weighted by atomic mass is 10.2. The number of benzene rings is 3. The van der Waals surface area contributed by atoms with Gasteiger partial charge >= 0.3 is 0 Å². The standard InChI is InChI=1S/C24H20Cl2FN3O/c25-18-12-11-16(14-19(18)26)15-30-22-9-4-3-8-21(22)29-23(30)10-5-13-28-24(31)17-6-1-2-7-20(17)27/h1-4,6-9,11-12,14H,5,10,13,15H2,(H,28,31). The van der Waals surface area contributed by atoms with Gasteiger partial charge in [-0.05, 0) is 48.4 Å². The summed E-state index contributed by atoms with van der Waals surface area (Å²) in [6.07, 6.45) is 1.33. The Bertz CT molecular complexity index is 1240. The fourth-order valence-electron chi connectivity index (χ4n) is 3.50. The average molecular weight is 456 g/mol. The molecule has 7 heteroatoms. The van der Waals surface area contributed by atoms with Gasteiger partial charge < -0.3 is 9.88 Å². The van der Waals surface area contributed by atoms with E-state index >= 15 is 0 Å². The SMILES string of the molecule is O=C(NCCCc1nc2ccccc2n1Cc1ccc(Cl)c(Cl)c1)c1ccccc1F. The number of para-hydroxylation sites is 2. The van der Waals surface area contributed by atoms with Crippen molar-refractivity contribution in [3.8, 4) is 0 Å². The highest BCUT2D eigenvalue weighted by atomic mass is 35.5. The number of carbonyl (C=O) groups excluding carboxylic acids is 1. The Morgan fingerprint density at radius 2 is 1.77 bits per heavy atom. The molecule has 0 radical (unpaired) electrons. The minimum atomic E-state index is -0.525. The number of amides is 1. The Labute approximate surface area is 189 Å². The van der Waals surface area contributed by atoms with Gasteiger partial charge in [-0.1, -0.05) is 53.5 Å². The smallest absolute Gasteiger partial charge is 0.254 e. The van der Waals surface area contributed by atoms with Crippen LogP contribution < -0.4 is 5.32 Å². The second-order valence-electron chi connectivity index (χ2n) is 7.19. The number of imidazole rings is 1. The lowest BCUT2D eigenvalue weighted by Crippen LogP contribution is -2.25. The molecule has 0 aliphatic carbocycles. The van der Waals surface area contributed by atoms with Crippen molar-refractivity contribution in [2.24, 2.45) is 0 Å². The molecule has 4 nitrogen and oxygen atoms in total. The predicted molar refractivity (Wildman–Crippen MR) is 122 cm³/mol. The van der Waals surface area contributed by atoms with Gasteiger partial charge in [0.2, 0.25) is 0 Å². The maximum atomic E-state index is 13.8. The monoisotopic (exact) mass is 455 g/mol. The van der Waals surface area contributed by atoms with Crippen molar-refractivity contribution >= 4 is 40.1 Å². The summed E-state index contributed by atoms with van der Waals surface area (Å²) in [5, 5.41) is 3.81. The molecule has 0 aliphatic rings. The quantitative estimate of drug-likeness (QED) is 0.353. The maximum absolute atomic E-state index is 13.8. The lowest BCUT2D eigenvalue weighted by molar-refractivity contribution is 0.0949. The van der Waals surface area contributed by atoms with Gasteiger partial charge in [0.05, 0.1) is 26.6 Å². The molecule has 158 valence electrons. The van der Waals surface area contributed by atoms with E-state index in [0.717, 1.165) is 22.4 Å². The molecule has 0 saturated heterocycles. The van der Waals surface area contributed by atoms with E-state index in [-0.39, 0.29) is 5.56 Å². The van der Waals surface area contributed by atoms with Crippen molar-refractivity contribution in [2.75, 3.05) is 6.54 Å². The Hall–Kier alpha value is -2.89. The first-order valence-electron chi connectivity index (χ1n) is 9.94. The molecule has 0 saturated carbocycles. The highest BCUT2D eigenvalue weighted by Gasteiger charge is 2.13. The van der Waals surface area contributed by atoms with E-state index in [1.165, 1.54) is 12.1 Å². The number of fused-ring (bicyclic) bond motifs is 1. The van der Waals surface area contributed by atoms with E-state index in [2.05, 4.69) is 9.88 Å². The number of aromatic nitrogens is 2. The number of halogens is 3. The highest BCUT2D eigenvalue weighted by Crippen LogP contribution is 2.25. The van der Waals surface area contributed by atoms with E-state index in [0.29, 0.717) is 36.0 Å². The third-order valence-corrected chi connectivity index (χ3v) is 5.78. The molecular formula is C24H20Cl2FN3O. The number of hydrogen-bond donors (Lipinski definition) is 1. The summed E-state index contributed by atoms with van der Waals surface area (Å²) in [6.45, 7) is 1.03. The lowest BCUT2D eigenvalue weighted by Gasteiger charge is -2.11. The van der Waals surface area contributed by atoms with Crippen LogP contribution in [0.25, 0.3) is 11.0 Å². The molecule has 0 unspecified atom stereocenters. The first-order valence-corrected chi connectivity index (χ1v) is 10.7. The summed E-state index contributed by atoms with van der Waals surface area (Å²) in [5.74, 6) is -0.0294. The van der Waals surface area contributed by atoms with Gasteiger partial charge in [0.15, 0.2) is 0 Å². The molecule has 1 amide bonds. The normalized spacial score (nSPS) is 11.1. The zero-order valence-electron chi connectivity index (χ0n) is 16.6. The topological polar surface area (TPSA) is 46.9 Å². The highest BCUT2D eigenvalue weighted by molar-refractivity contribution is 6.42. The number of nitrogens with zero attached hydrogens (tertiary/aromatic N) is 2. The molecule has 1 aromatic heterocycles.